The number of rotatable bonds is 3. The molecule has 5 nitrogen and oxygen atoms in total. The second kappa shape index (κ2) is 4.15. The number of pyridine rings is 1. The maximum absolute atomic E-state index is 10.9. The molecule has 1 N–H and O–H groups in total. The lowest BCUT2D eigenvalue weighted by Crippen LogP contribution is -2.01. The van der Waals surface area contributed by atoms with E-state index in [1.807, 2.05) is 0 Å². The van der Waals surface area contributed by atoms with Crippen molar-refractivity contribution in [2.24, 2.45) is 0 Å². The third kappa shape index (κ3) is 1.89. The lowest BCUT2D eigenvalue weighted by Gasteiger charge is -1.97. The number of thiazole rings is 1. The minimum Gasteiger partial charge on any atom is -0.478 e. The van der Waals surface area contributed by atoms with Gasteiger partial charge in [-0.15, -0.1) is 0 Å². The van der Waals surface area contributed by atoms with E-state index >= 15 is 0 Å². The van der Waals surface area contributed by atoms with E-state index in [0.29, 0.717) is 17.8 Å². The number of nitrogens with zero attached hydrogens (tertiary/aromatic N) is 2. The Kier molecular flexibility index (Phi) is 2.84. The predicted molar refractivity (Wildman–Crippen MR) is 59.8 cm³/mol. The van der Waals surface area contributed by atoms with Crippen LogP contribution in [-0.2, 0) is 11.3 Å². The minimum absolute atomic E-state index is 0.196. The summed E-state index contributed by atoms with van der Waals surface area (Å²) in [5.74, 6) is -0.979. The monoisotopic (exact) mass is 238 g/mol. The Bertz CT molecular complexity index is 550. The van der Waals surface area contributed by atoms with Crippen molar-refractivity contribution >= 4 is 27.7 Å². The van der Waals surface area contributed by atoms with Gasteiger partial charge in [0.25, 0.3) is 0 Å². The number of aromatic nitrogens is 2. The molecule has 0 aliphatic heterocycles. The summed E-state index contributed by atoms with van der Waals surface area (Å²) in [6.07, 6.45) is 0. The molecule has 0 bridgehead atoms. The molecule has 0 atom stereocenters. The molecule has 0 spiro atoms. The fraction of sp³-hybridized carbons (Fsp3) is 0.300. The van der Waals surface area contributed by atoms with Crippen LogP contribution in [0.15, 0.2) is 6.07 Å². The second-order valence-electron chi connectivity index (χ2n) is 3.29. The number of fused-ring (bicyclic) bond motifs is 1. The van der Waals surface area contributed by atoms with Gasteiger partial charge in [-0.25, -0.2) is 14.8 Å². The van der Waals surface area contributed by atoms with Crippen molar-refractivity contribution in [1.82, 2.24) is 9.97 Å². The molecule has 6 heteroatoms. The van der Waals surface area contributed by atoms with Crippen LogP contribution < -0.4 is 0 Å². The summed E-state index contributed by atoms with van der Waals surface area (Å²) in [4.78, 5) is 20.1. The Morgan fingerprint density at radius 1 is 1.56 bits per heavy atom. The predicted octanol–water partition coefficient (Wildman–Crippen LogP) is 1.84. The molecule has 0 aliphatic rings. The Morgan fingerprint density at radius 2 is 2.31 bits per heavy atom. The summed E-state index contributed by atoms with van der Waals surface area (Å²) in [5, 5.41) is 9.74. The van der Waals surface area contributed by atoms with E-state index in [9.17, 15) is 4.79 Å². The fourth-order valence-corrected chi connectivity index (χ4v) is 2.33. The van der Waals surface area contributed by atoms with E-state index < -0.39 is 5.97 Å². The maximum atomic E-state index is 10.9. The van der Waals surface area contributed by atoms with Crippen LogP contribution in [0, 0.1) is 6.92 Å². The summed E-state index contributed by atoms with van der Waals surface area (Å²) in [6.45, 7) is 2.10. The van der Waals surface area contributed by atoms with Gasteiger partial charge < -0.3 is 9.84 Å². The molecule has 2 aromatic rings. The van der Waals surface area contributed by atoms with Crippen molar-refractivity contribution in [3.05, 3.63) is 22.3 Å². The number of carbonyl (C=O) groups is 1. The average Bonchev–Trinajstić information content (AvgIpc) is 2.58. The molecular formula is C10H10N2O3S. The molecular weight excluding hydrogens is 228 g/mol. The van der Waals surface area contributed by atoms with Crippen LogP contribution in [0.4, 0.5) is 0 Å². The van der Waals surface area contributed by atoms with Crippen molar-refractivity contribution in [3.63, 3.8) is 0 Å². The van der Waals surface area contributed by atoms with E-state index in [-0.39, 0.29) is 5.56 Å². The molecule has 0 aliphatic carbocycles. The third-order valence-electron chi connectivity index (χ3n) is 2.12. The first-order chi connectivity index (χ1) is 7.61. The largest absolute Gasteiger partial charge is 0.478 e. The molecule has 2 heterocycles. The Hall–Kier alpha value is -1.53. The summed E-state index contributed by atoms with van der Waals surface area (Å²) < 4.78 is 4.97. The molecule has 84 valence electrons. The van der Waals surface area contributed by atoms with Gasteiger partial charge in [-0.1, -0.05) is 11.3 Å². The molecule has 0 fully saturated rings. The fourth-order valence-electron chi connectivity index (χ4n) is 1.40. The molecule has 0 saturated heterocycles. The van der Waals surface area contributed by atoms with Gasteiger partial charge in [0.2, 0.25) is 0 Å². The molecule has 0 radical (unpaired) electrons. The zero-order valence-electron chi connectivity index (χ0n) is 8.85. The van der Waals surface area contributed by atoms with E-state index in [4.69, 9.17) is 9.84 Å². The normalized spacial score (nSPS) is 10.9. The number of aromatic carboxylic acids is 1. The lowest BCUT2D eigenvalue weighted by atomic mass is 10.2. The number of carboxylic acids is 1. The van der Waals surface area contributed by atoms with Gasteiger partial charge in [0.15, 0.2) is 0 Å². The Balaban J connectivity index is 2.56. The van der Waals surface area contributed by atoms with Gasteiger partial charge in [-0.3, -0.25) is 0 Å². The van der Waals surface area contributed by atoms with Gasteiger partial charge >= 0.3 is 5.97 Å². The maximum Gasteiger partial charge on any atom is 0.337 e. The summed E-state index contributed by atoms with van der Waals surface area (Å²) >= 11 is 1.42. The van der Waals surface area contributed by atoms with Crippen molar-refractivity contribution in [2.45, 2.75) is 13.5 Å². The Labute approximate surface area is 95.7 Å². The minimum atomic E-state index is -0.979. The topological polar surface area (TPSA) is 72.3 Å². The standard InChI is InChI=1S/C10H10N2O3S/c1-5-6(10(13)14)3-7-9(11-5)16-8(12-7)4-15-2/h3H,4H2,1-2H3,(H,13,14). The molecule has 2 rings (SSSR count). The highest BCUT2D eigenvalue weighted by molar-refractivity contribution is 7.18. The van der Waals surface area contributed by atoms with Crippen molar-refractivity contribution in [3.8, 4) is 0 Å². The van der Waals surface area contributed by atoms with Crippen LogP contribution in [0.5, 0.6) is 0 Å². The molecule has 2 aromatic heterocycles. The van der Waals surface area contributed by atoms with Crippen LogP contribution in [0.3, 0.4) is 0 Å². The van der Waals surface area contributed by atoms with Crippen LogP contribution in [-0.4, -0.2) is 28.2 Å². The zero-order valence-corrected chi connectivity index (χ0v) is 9.67. The summed E-state index contributed by atoms with van der Waals surface area (Å²) in [6, 6.07) is 1.55. The van der Waals surface area contributed by atoms with E-state index in [1.54, 1.807) is 20.1 Å². The van der Waals surface area contributed by atoms with Crippen molar-refractivity contribution in [2.75, 3.05) is 7.11 Å². The van der Waals surface area contributed by atoms with E-state index in [2.05, 4.69) is 9.97 Å². The quantitative estimate of drug-likeness (QED) is 0.883. The van der Waals surface area contributed by atoms with Crippen LogP contribution >= 0.6 is 11.3 Å². The number of ether oxygens (including phenoxy) is 1. The first-order valence-corrected chi connectivity index (χ1v) is 5.42. The van der Waals surface area contributed by atoms with Crippen LogP contribution in [0.2, 0.25) is 0 Å². The lowest BCUT2D eigenvalue weighted by molar-refractivity contribution is 0.0696. The highest BCUT2D eigenvalue weighted by Crippen LogP contribution is 2.23. The molecule has 0 amide bonds. The van der Waals surface area contributed by atoms with Gasteiger partial charge in [-0.05, 0) is 13.0 Å². The zero-order chi connectivity index (χ0) is 11.7. The van der Waals surface area contributed by atoms with E-state index in [0.717, 1.165) is 9.84 Å². The number of methoxy groups -OCH3 is 1. The molecule has 0 saturated carbocycles. The molecule has 0 aromatic carbocycles. The van der Waals surface area contributed by atoms with Crippen molar-refractivity contribution in [1.29, 1.82) is 0 Å². The van der Waals surface area contributed by atoms with Gasteiger partial charge in [0.05, 0.1) is 17.9 Å². The SMILES string of the molecule is COCc1nc2cc(C(=O)O)c(C)nc2s1. The van der Waals surface area contributed by atoms with Gasteiger partial charge in [0, 0.05) is 7.11 Å². The number of aryl methyl sites for hydroxylation is 1. The highest BCUT2D eigenvalue weighted by atomic mass is 32.1. The van der Waals surface area contributed by atoms with Gasteiger partial charge in [0.1, 0.15) is 15.4 Å². The molecule has 16 heavy (non-hydrogen) atoms. The average molecular weight is 238 g/mol. The smallest absolute Gasteiger partial charge is 0.337 e. The summed E-state index contributed by atoms with van der Waals surface area (Å²) in [5.41, 5.74) is 1.31. The number of hydrogen-bond donors (Lipinski definition) is 1. The number of carboxylic acid groups (broad SMARTS) is 1. The molecule has 0 unspecified atom stereocenters. The van der Waals surface area contributed by atoms with E-state index in [1.165, 1.54) is 11.3 Å². The first-order valence-electron chi connectivity index (χ1n) is 4.61. The van der Waals surface area contributed by atoms with Crippen molar-refractivity contribution < 1.29 is 14.6 Å². The van der Waals surface area contributed by atoms with Crippen LogP contribution in [0.1, 0.15) is 21.1 Å². The summed E-state index contributed by atoms with van der Waals surface area (Å²) in [7, 11) is 1.59. The first kappa shape index (κ1) is 11.0. The Morgan fingerprint density at radius 3 is 2.94 bits per heavy atom. The second-order valence-corrected chi connectivity index (χ2v) is 4.35. The highest BCUT2D eigenvalue weighted by Gasteiger charge is 2.13. The number of hydrogen-bond acceptors (Lipinski definition) is 5. The third-order valence-corrected chi connectivity index (χ3v) is 3.06. The van der Waals surface area contributed by atoms with Crippen LogP contribution in [0.25, 0.3) is 10.3 Å². The van der Waals surface area contributed by atoms with Gasteiger partial charge in [-0.2, -0.15) is 0 Å².